The van der Waals surface area contributed by atoms with E-state index < -0.39 is 5.54 Å². The average Bonchev–Trinajstić information content (AvgIpc) is 3.05. The number of nitrogens with zero attached hydrogens (tertiary/aromatic N) is 1. The van der Waals surface area contributed by atoms with Crippen molar-refractivity contribution < 1.29 is 19.1 Å². The second kappa shape index (κ2) is 4.98. The van der Waals surface area contributed by atoms with E-state index in [1.54, 1.807) is 14.2 Å². The van der Waals surface area contributed by atoms with Crippen LogP contribution in [0.1, 0.15) is 36.8 Å². The van der Waals surface area contributed by atoms with Crippen LogP contribution >= 0.6 is 0 Å². The van der Waals surface area contributed by atoms with Crippen molar-refractivity contribution in [2.75, 3.05) is 21.3 Å². The first kappa shape index (κ1) is 15.5. The monoisotopic (exact) mass is 329 g/mol. The van der Waals surface area contributed by atoms with Gasteiger partial charge in [0, 0.05) is 30.4 Å². The van der Waals surface area contributed by atoms with E-state index in [1.807, 2.05) is 18.0 Å². The first-order valence-electron chi connectivity index (χ1n) is 8.52. The third-order valence-electron chi connectivity index (χ3n) is 6.80. The molecule has 2 aliphatic carbocycles. The molecule has 0 bridgehead atoms. The summed E-state index contributed by atoms with van der Waals surface area (Å²) in [6.07, 6.45) is 4.85. The largest absolute Gasteiger partial charge is 0.493 e. The number of carbonyl (C=O) groups excluding carboxylic acids is 2. The summed E-state index contributed by atoms with van der Waals surface area (Å²) < 4.78 is 11.2. The standard InChI is InChI=1S/C19H23NO4/c1-20-15(22)10-18-8-7-13(11-21)19(18,20)9-6-12-4-5-14(23-2)17(24-3)16(12)18/h4-5,11,13H,6-10H2,1-3H3/t13?,18-,19?/m1/s1. The van der Waals surface area contributed by atoms with Crippen LogP contribution in [-0.4, -0.2) is 43.9 Å². The first-order chi connectivity index (χ1) is 11.6. The molecule has 0 aromatic heterocycles. The summed E-state index contributed by atoms with van der Waals surface area (Å²) >= 11 is 0. The van der Waals surface area contributed by atoms with Crippen molar-refractivity contribution in [2.45, 2.75) is 43.1 Å². The summed E-state index contributed by atoms with van der Waals surface area (Å²) in [6.45, 7) is 0. The van der Waals surface area contributed by atoms with E-state index in [2.05, 4.69) is 6.07 Å². The van der Waals surface area contributed by atoms with E-state index >= 15 is 0 Å². The lowest BCUT2D eigenvalue weighted by Gasteiger charge is -2.50. The zero-order valence-electron chi connectivity index (χ0n) is 14.4. The van der Waals surface area contributed by atoms with Crippen LogP contribution in [0, 0.1) is 5.92 Å². The van der Waals surface area contributed by atoms with Gasteiger partial charge in [-0.3, -0.25) is 4.79 Å². The minimum Gasteiger partial charge on any atom is -0.493 e. The third-order valence-corrected chi connectivity index (χ3v) is 6.80. The topological polar surface area (TPSA) is 55.8 Å². The summed E-state index contributed by atoms with van der Waals surface area (Å²) in [7, 11) is 5.15. The number of hydrogen-bond acceptors (Lipinski definition) is 4. The fourth-order valence-corrected chi connectivity index (χ4v) is 5.85. The number of likely N-dealkylation sites (N-methyl/N-ethyl adjacent to an activating group) is 1. The molecule has 0 N–H and O–H groups in total. The predicted molar refractivity (Wildman–Crippen MR) is 88.5 cm³/mol. The van der Waals surface area contributed by atoms with Crippen molar-refractivity contribution in [3.05, 3.63) is 23.3 Å². The molecular weight excluding hydrogens is 306 g/mol. The number of benzene rings is 1. The van der Waals surface area contributed by atoms with Gasteiger partial charge in [0.25, 0.3) is 0 Å². The molecule has 1 aliphatic heterocycles. The van der Waals surface area contributed by atoms with Gasteiger partial charge in [0.1, 0.15) is 6.29 Å². The number of methoxy groups -OCH3 is 2. The SMILES string of the molecule is COc1ccc2c(c1OC)[C@]13CCC(C=O)C1(CC2)N(C)C(=O)C3. The van der Waals surface area contributed by atoms with Gasteiger partial charge in [-0.1, -0.05) is 6.07 Å². The Kier molecular flexibility index (Phi) is 3.21. The Morgan fingerprint density at radius 2 is 2.04 bits per heavy atom. The van der Waals surface area contributed by atoms with Crippen LogP contribution < -0.4 is 9.47 Å². The van der Waals surface area contributed by atoms with Crippen LogP contribution in [0.2, 0.25) is 0 Å². The molecule has 2 fully saturated rings. The highest BCUT2D eigenvalue weighted by Crippen LogP contribution is 2.66. The number of ether oxygens (including phenoxy) is 2. The summed E-state index contributed by atoms with van der Waals surface area (Å²) in [5, 5.41) is 0. The van der Waals surface area contributed by atoms with Crippen molar-refractivity contribution in [3.63, 3.8) is 0 Å². The number of hydrogen-bond donors (Lipinski definition) is 0. The number of rotatable bonds is 3. The lowest BCUT2D eigenvalue weighted by atomic mass is 9.58. The van der Waals surface area contributed by atoms with Gasteiger partial charge < -0.3 is 19.2 Å². The van der Waals surface area contributed by atoms with E-state index in [0.717, 1.165) is 43.3 Å². The second-order valence-electron chi connectivity index (χ2n) is 7.25. The van der Waals surface area contributed by atoms with Crippen LogP contribution in [0.3, 0.4) is 0 Å². The minimum atomic E-state index is -0.418. The molecule has 2 unspecified atom stereocenters. The van der Waals surface area contributed by atoms with Crippen LogP contribution in [-0.2, 0) is 21.4 Å². The van der Waals surface area contributed by atoms with Gasteiger partial charge >= 0.3 is 0 Å². The highest BCUT2D eigenvalue weighted by molar-refractivity contribution is 5.86. The molecule has 5 heteroatoms. The van der Waals surface area contributed by atoms with Gasteiger partial charge in [-0.05, 0) is 37.3 Å². The van der Waals surface area contributed by atoms with Gasteiger partial charge in [0.2, 0.25) is 5.91 Å². The molecule has 1 aromatic rings. The van der Waals surface area contributed by atoms with Crippen LogP contribution in [0.4, 0.5) is 0 Å². The Balaban J connectivity index is 2.04. The van der Waals surface area contributed by atoms with Gasteiger partial charge in [-0.25, -0.2) is 0 Å². The number of carbonyl (C=O) groups is 2. The van der Waals surface area contributed by atoms with Gasteiger partial charge in [0.05, 0.1) is 19.8 Å². The van der Waals surface area contributed by atoms with Crippen LogP contribution in [0.5, 0.6) is 11.5 Å². The maximum atomic E-state index is 12.7. The Morgan fingerprint density at radius 1 is 1.25 bits per heavy atom. The number of fused-ring (bicyclic) bond motifs is 1. The lowest BCUT2D eigenvalue weighted by Crippen LogP contribution is -2.58. The summed E-state index contributed by atoms with van der Waals surface area (Å²) in [5.74, 6) is 1.43. The van der Waals surface area contributed by atoms with E-state index in [1.165, 1.54) is 5.56 Å². The van der Waals surface area contributed by atoms with Crippen molar-refractivity contribution >= 4 is 12.2 Å². The van der Waals surface area contributed by atoms with Crippen LogP contribution in [0.15, 0.2) is 12.1 Å². The molecule has 1 heterocycles. The highest BCUT2D eigenvalue weighted by atomic mass is 16.5. The van der Waals surface area contributed by atoms with Gasteiger partial charge in [-0.2, -0.15) is 0 Å². The van der Waals surface area contributed by atoms with E-state index in [-0.39, 0.29) is 17.2 Å². The molecule has 24 heavy (non-hydrogen) atoms. The Labute approximate surface area is 141 Å². The number of aldehydes is 1. The third kappa shape index (κ3) is 1.51. The molecule has 1 amide bonds. The second-order valence-corrected chi connectivity index (χ2v) is 7.25. The highest BCUT2D eigenvalue weighted by Gasteiger charge is 2.70. The molecule has 1 saturated carbocycles. The van der Waals surface area contributed by atoms with E-state index in [0.29, 0.717) is 12.2 Å². The molecular formula is C19H23NO4. The van der Waals surface area contributed by atoms with Crippen molar-refractivity contribution in [3.8, 4) is 11.5 Å². The van der Waals surface area contributed by atoms with Gasteiger partial charge in [0.15, 0.2) is 11.5 Å². The number of amides is 1. The maximum Gasteiger partial charge on any atom is 0.223 e. The molecule has 3 aliphatic rings. The van der Waals surface area contributed by atoms with E-state index in [4.69, 9.17) is 9.47 Å². The summed E-state index contributed by atoms with van der Waals surface area (Å²) in [6, 6.07) is 4.03. The quantitative estimate of drug-likeness (QED) is 0.797. The minimum absolute atomic E-state index is 0.113. The fourth-order valence-electron chi connectivity index (χ4n) is 5.85. The summed E-state index contributed by atoms with van der Waals surface area (Å²) in [5.41, 5.74) is 1.55. The maximum absolute atomic E-state index is 12.7. The molecule has 3 atom stereocenters. The van der Waals surface area contributed by atoms with Crippen molar-refractivity contribution in [2.24, 2.45) is 5.92 Å². The van der Waals surface area contributed by atoms with E-state index in [9.17, 15) is 9.59 Å². The average molecular weight is 329 g/mol. The predicted octanol–water partition coefficient (Wildman–Crippen LogP) is 2.10. The Bertz CT molecular complexity index is 726. The van der Waals surface area contributed by atoms with Crippen LogP contribution in [0.25, 0.3) is 0 Å². The molecule has 0 spiro atoms. The Hall–Kier alpha value is -2.04. The molecule has 128 valence electrons. The zero-order chi connectivity index (χ0) is 17.1. The molecule has 5 nitrogen and oxygen atoms in total. The lowest BCUT2D eigenvalue weighted by molar-refractivity contribution is -0.132. The summed E-state index contributed by atoms with van der Waals surface area (Å²) in [4.78, 5) is 26.4. The molecule has 4 rings (SSSR count). The smallest absolute Gasteiger partial charge is 0.223 e. The molecule has 0 radical (unpaired) electrons. The number of aryl methyl sites for hydroxylation is 1. The fraction of sp³-hybridized carbons (Fsp3) is 0.579. The molecule has 1 saturated heterocycles. The first-order valence-corrected chi connectivity index (χ1v) is 8.52. The number of likely N-dealkylation sites (tertiary alicyclic amines) is 1. The van der Waals surface area contributed by atoms with Crippen molar-refractivity contribution in [1.82, 2.24) is 4.90 Å². The molecule has 1 aromatic carbocycles. The van der Waals surface area contributed by atoms with Gasteiger partial charge in [-0.15, -0.1) is 0 Å². The zero-order valence-corrected chi connectivity index (χ0v) is 14.4. The Morgan fingerprint density at radius 3 is 2.71 bits per heavy atom. The van der Waals surface area contributed by atoms with Crippen molar-refractivity contribution in [1.29, 1.82) is 0 Å². The normalized spacial score (nSPS) is 33.7.